The summed E-state index contributed by atoms with van der Waals surface area (Å²) < 4.78 is 2.09. The molecule has 0 aliphatic heterocycles. The average Bonchev–Trinajstić information content (AvgIpc) is 2.88. The highest BCUT2D eigenvalue weighted by Crippen LogP contribution is 2.32. The first-order chi connectivity index (χ1) is 10.1. The molecule has 0 saturated heterocycles. The highest BCUT2D eigenvalue weighted by Gasteiger charge is 2.25. The molecule has 3 rings (SSSR count). The number of rotatable bonds is 3. The zero-order valence-corrected chi connectivity index (χ0v) is 13.3. The van der Waals surface area contributed by atoms with Gasteiger partial charge in [-0.3, -0.25) is 9.36 Å². The Kier molecular flexibility index (Phi) is 4.15. The van der Waals surface area contributed by atoms with Gasteiger partial charge in [-0.2, -0.15) is 0 Å². The summed E-state index contributed by atoms with van der Waals surface area (Å²) >= 11 is 1.61. The number of benzene rings is 1. The third kappa shape index (κ3) is 3.21. The molecular formula is C17H20N2OS. The maximum atomic E-state index is 12.0. The van der Waals surface area contributed by atoms with Crippen LogP contribution in [0.5, 0.6) is 0 Å². The van der Waals surface area contributed by atoms with Crippen LogP contribution in [0.1, 0.15) is 36.8 Å². The molecule has 0 N–H and O–H groups in total. The van der Waals surface area contributed by atoms with E-state index in [1.165, 1.54) is 11.1 Å². The van der Waals surface area contributed by atoms with Crippen LogP contribution >= 0.6 is 11.8 Å². The number of carbonyl (C=O) groups excluding carboxylic acids is 1. The molecule has 1 saturated carbocycles. The Labute approximate surface area is 129 Å². The van der Waals surface area contributed by atoms with Gasteiger partial charge in [-0.25, -0.2) is 4.98 Å². The number of carbonyl (C=O) groups is 1. The number of nitrogens with zero attached hydrogens (tertiary/aromatic N) is 2. The van der Waals surface area contributed by atoms with E-state index in [1.807, 2.05) is 12.4 Å². The van der Waals surface area contributed by atoms with Gasteiger partial charge in [0.2, 0.25) is 0 Å². The molecule has 1 aromatic heterocycles. The van der Waals surface area contributed by atoms with Crippen molar-refractivity contribution in [1.29, 1.82) is 0 Å². The Morgan fingerprint density at radius 3 is 2.67 bits per heavy atom. The fraction of sp³-hybridized carbons (Fsp3) is 0.412. The van der Waals surface area contributed by atoms with Gasteiger partial charge in [-0.1, -0.05) is 24.2 Å². The summed E-state index contributed by atoms with van der Waals surface area (Å²) in [4.78, 5) is 16.5. The fourth-order valence-corrected chi connectivity index (χ4v) is 4.06. The van der Waals surface area contributed by atoms with Crippen molar-refractivity contribution < 1.29 is 4.79 Å². The minimum atomic E-state index is 0.0748. The largest absolute Gasteiger partial charge is 0.298 e. The molecule has 0 radical (unpaired) electrons. The van der Waals surface area contributed by atoms with Gasteiger partial charge >= 0.3 is 0 Å². The monoisotopic (exact) mass is 300 g/mol. The third-order valence-electron chi connectivity index (χ3n) is 3.84. The summed E-state index contributed by atoms with van der Waals surface area (Å²) in [6, 6.07) is 6.47. The minimum Gasteiger partial charge on any atom is -0.298 e. The predicted octanol–water partition coefficient (Wildman–Crippen LogP) is 4.09. The standard InChI is InChI=1S/C17H20N2OS/c1-12-9-13(2)11-14(10-12)19-8-7-18-17(19)21-16-6-4-3-5-15(16)20/h7-11,16H,3-6H2,1-2H3/t16-/m0/s1. The summed E-state index contributed by atoms with van der Waals surface area (Å²) in [6.07, 6.45) is 7.68. The molecule has 1 aliphatic carbocycles. The lowest BCUT2D eigenvalue weighted by Gasteiger charge is -2.20. The Bertz CT molecular complexity index is 642. The number of aryl methyl sites for hydroxylation is 2. The van der Waals surface area contributed by atoms with E-state index in [4.69, 9.17) is 0 Å². The molecule has 1 heterocycles. The van der Waals surface area contributed by atoms with E-state index < -0.39 is 0 Å². The van der Waals surface area contributed by atoms with Crippen LogP contribution in [0, 0.1) is 13.8 Å². The van der Waals surface area contributed by atoms with E-state index in [-0.39, 0.29) is 5.25 Å². The molecule has 1 atom stereocenters. The van der Waals surface area contributed by atoms with Gasteiger partial charge in [0.05, 0.1) is 5.25 Å². The van der Waals surface area contributed by atoms with Crippen LogP contribution in [0.2, 0.25) is 0 Å². The van der Waals surface area contributed by atoms with E-state index in [9.17, 15) is 4.79 Å². The highest BCUT2D eigenvalue weighted by atomic mass is 32.2. The van der Waals surface area contributed by atoms with Gasteiger partial charge in [0.15, 0.2) is 5.16 Å². The zero-order chi connectivity index (χ0) is 14.8. The molecule has 3 nitrogen and oxygen atoms in total. The number of hydrogen-bond donors (Lipinski definition) is 0. The Morgan fingerprint density at radius 2 is 1.95 bits per heavy atom. The number of imidazole rings is 1. The Balaban J connectivity index is 1.88. The number of Topliss-reactive ketones (excluding diaryl/α,β-unsaturated/α-hetero) is 1. The number of hydrogen-bond acceptors (Lipinski definition) is 3. The second kappa shape index (κ2) is 6.06. The van der Waals surface area contributed by atoms with Crippen LogP contribution in [-0.2, 0) is 4.79 Å². The first-order valence-electron chi connectivity index (χ1n) is 7.45. The van der Waals surface area contributed by atoms with Gasteiger partial charge in [-0.15, -0.1) is 0 Å². The normalized spacial score (nSPS) is 19.0. The van der Waals surface area contributed by atoms with Crippen molar-refractivity contribution in [2.75, 3.05) is 0 Å². The van der Waals surface area contributed by atoms with E-state index in [0.717, 1.165) is 36.5 Å². The van der Waals surface area contributed by atoms with Gasteiger partial charge in [0.1, 0.15) is 5.78 Å². The van der Waals surface area contributed by atoms with E-state index >= 15 is 0 Å². The molecule has 0 bridgehead atoms. The smallest absolute Gasteiger partial charge is 0.173 e. The Morgan fingerprint density at radius 1 is 1.19 bits per heavy atom. The summed E-state index contributed by atoms with van der Waals surface area (Å²) in [7, 11) is 0. The quantitative estimate of drug-likeness (QED) is 0.856. The summed E-state index contributed by atoms with van der Waals surface area (Å²) in [5.41, 5.74) is 3.60. The summed E-state index contributed by atoms with van der Waals surface area (Å²) in [5, 5.41) is 0.992. The molecule has 110 valence electrons. The molecule has 1 aliphatic rings. The molecule has 0 amide bonds. The maximum absolute atomic E-state index is 12.0. The lowest BCUT2D eigenvalue weighted by molar-refractivity contribution is -0.119. The minimum absolute atomic E-state index is 0.0748. The van der Waals surface area contributed by atoms with Gasteiger partial charge in [-0.05, 0) is 49.9 Å². The zero-order valence-electron chi connectivity index (χ0n) is 12.5. The number of aromatic nitrogens is 2. The van der Waals surface area contributed by atoms with E-state index in [1.54, 1.807) is 11.8 Å². The van der Waals surface area contributed by atoms with Crippen molar-refractivity contribution in [2.24, 2.45) is 0 Å². The summed E-state index contributed by atoms with van der Waals surface area (Å²) in [5.74, 6) is 0.376. The molecule has 2 aromatic rings. The number of ketones is 1. The lowest BCUT2D eigenvalue weighted by Crippen LogP contribution is -2.21. The lowest BCUT2D eigenvalue weighted by atomic mass is 9.99. The van der Waals surface area contributed by atoms with E-state index in [2.05, 4.69) is 41.6 Å². The van der Waals surface area contributed by atoms with Gasteiger partial charge in [0.25, 0.3) is 0 Å². The molecule has 4 heteroatoms. The molecule has 21 heavy (non-hydrogen) atoms. The van der Waals surface area contributed by atoms with Crippen LogP contribution in [0.15, 0.2) is 35.7 Å². The second-order valence-electron chi connectivity index (χ2n) is 5.74. The predicted molar refractivity (Wildman–Crippen MR) is 86.2 cm³/mol. The van der Waals surface area contributed by atoms with Crippen LogP contribution < -0.4 is 0 Å². The van der Waals surface area contributed by atoms with Crippen molar-refractivity contribution in [3.63, 3.8) is 0 Å². The van der Waals surface area contributed by atoms with Gasteiger partial charge < -0.3 is 0 Å². The third-order valence-corrected chi connectivity index (χ3v) is 5.13. The first kappa shape index (κ1) is 14.4. The van der Waals surface area contributed by atoms with Crippen molar-refractivity contribution in [3.8, 4) is 5.69 Å². The topological polar surface area (TPSA) is 34.9 Å². The molecule has 0 spiro atoms. The molecule has 1 fully saturated rings. The molecule has 1 aromatic carbocycles. The van der Waals surface area contributed by atoms with Gasteiger partial charge in [0, 0.05) is 24.5 Å². The van der Waals surface area contributed by atoms with E-state index in [0.29, 0.717) is 5.78 Å². The first-order valence-corrected chi connectivity index (χ1v) is 8.33. The van der Waals surface area contributed by atoms with Crippen molar-refractivity contribution >= 4 is 17.5 Å². The van der Waals surface area contributed by atoms with Crippen LogP contribution in [0.25, 0.3) is 5.69 Å². The Hall–Kier alpha value is -1.55. The van der Waals surface area contributed by atoms with Crippen LogP contribution in [0.4, 0.5) is 0 Å². The van der Waals surface area contributed by atoms with Crippen LogP contribution in [-0.4, -0.2) is 20.6 Å². The SMILES string of the molecule is Cc1cc(C)cc(-n2ccnc2S[C@H]2CCCCC2=O)c1. The second-order valence-corrected chi connectivity index (χ2v) is 6.91. The summed E-state index contributed by atoms with van der Waals surface area (Å²) in [6.45, 7) is 4.20. The molecule has 0 unspecified atom stereocenters. The van der Waals surface area contributed by atoms with Crippen molar-refractivity contribution in [3.05, 3.63) is 41.7 Å². The fourth-order valence-electron chi connectivity index (χ4n) is 2.87. The average molecular weight is 300 g/mol. The molecular weight excluding hydrogens is 280 g/mol. The van der Waals surface area contributed by atoms with Crippen LogP contribution in [0.3, 0.4) is 0 Å². The number of thioether (sulfide) groups is 1. The van der Waals surface area contributed by atoms with Crippen molar-refractivity contribution in [2.45, 2.75) is 49.9 Å². The maximum Gasteiger partial charge on any atom is 0.173 e. The highest BCUT2D eigenvalue weighted by molar-refractivity contribution is 8.00. The van der Waals surface area contributed by atoms with Crippen molar-refractivity contribution in [1.82, 2.24) is 9.55 Å².